The van der Waals surface area contributed by atoms with Crippen molar-refractivity contribution < 1.29 is 32.9 Å². The normalized spacial score (nSPS) is 14.6. The number of ether oxygens (including phenoxy) is 4. The SMILES string of the molecule is CCOC(=O)C(Nc1ccc(C#N)cc1)c1cc(OCC)cc(OCC2CCN(C(=O)OC(C)(C)C)CC2)c1F. The van der Waals surface area contributed by atoms with Gasteiger partial charge in [0.1, 0.15) is 11.4 Å². The van der Waals surface area contributed by atoms with Gasteiger partial charge in [-0.3, -0.25) is 0 Å². The number of piperidine rings is 1. The van der Waals surface area contributed by atoms with Crippen LogP contribution in [0.25, 0.3) is 0 Å². The zero-order valence-electron chi connectivity index (χ0n) is 23.8. The third-order valence-corrected chi connectivity index (χ3v) is 6.25. The van der Waals surface area contributed by atoms with Gasteiger partial charge in [0.25, 0.3) is 0 Å². The van der Waals surface area contributed by atoms with Crippen LogP contribution in [0.15, 0.2) is 36.4 Å². The molecule has 0 bridgehead atoms. The lowest BCUT2D eigenvalue weighted by Gasteiger charge is -2.33. The van der Waals surface area contributed by atoms with Crippen molar-refractivity contribution in [3.63, 3.8) is 0 Å². The molecule has 0 saturated carbocycles. The summed E-state index contributed by atoms with van der Waals surface area (Å²) >= 11 is 0. The molecule has 1 saturated heterocycles. The van der Waals surface area contributed by atoms with E-state index in [-0.39, 0.29) is 36.5 Å². The third-order valence-electron chi connectivity index (χ3n) is 6.25. The molecule has 2 aromatic carbocycles. The van der Waals surface area contributed by atoms with Crippen LogP contribution < -0.4 is 14.8 Å². The van der Waals surface area contributed by atoms with Crippen LogP contribution in [0.5, 0.6) is 11.5 Å². The molecule has 0 radical (unpaired) electrons. The average molecular weight is 556 g/mol. The van der Waals surface area contributed by atoms with Gasteiger partial charge in [-0.05, 0) is 83.7 Å². The zero-order chi connectivity index (χ0) is 29.3. The van der Waals surface area contributed by atoms with Crippen molar-refractivity contribution >= 4 is 17.7 Å². The molecule has 1 amide bonds. The number of anilines is 1. The van der Waals surface area contributed by atoms with Gasteiger partial charge in [0.05, 0.1) is 31.5 Å². The molecule has 10 heteroatoms. The van der Waals surface area contributed by atoms with E-state index in [4.69, 9.17) is 24.2 Å². The van der Waals surface area contributed by atoms with Crippen LogP contribution in [0.3, 0.4) is 0 Å². The molecule has 0 aliphatic carbocycles. The molecular formula is C30H38FN3O6. The molecule has 1 N–H and O–H groups in total. The van der Waals surface area contributed by atoms with Crippen molar-refractivity contribution in [2.24, 2.45) is 5.92 Å². The molecule has 1 unspecified atom stereocenters. The Morgan fingerprint density at radius 1 is 1.10 bits per heavy atom. The molecule has 1 fully saturated rings. The first-order valence-corrected chi connectivity index (χ1v) is 13.5. The fraction of sp³-hybridized carbons (Fsp3) is 0.500. The minimum absolute atomic E-state index is 0.0171. The van der Waals surface area contributed by atoms with Gasteiger partial charge in [0.15, 0.2) is 17.6 Å². The molecule has 0 aromatic heterocycles. The fourth-order valence-corrected chi connectivity index (χ4v) is 4.27. The Labute approximate surface area is 235 Å². The van der Waals surface area contributed by atoms with Gasteiger partial charge >= 0.3 is 12.1 Å². The van der Waals surface area contributed by atoms with Gasteiger partial charge in [0.2, 0.25) is 0 Å². The molecule has 1 aliphatic heterocycles. The molecule has 1 atom stereocenters. The Kier molecular flexibility index (Phi) is 10.6. The van der Waals surface area contributed by atoms with E-state index >= 15 is 4.39 Å². The number of hydrogen-bond donors (Lipinski definition) is 1. The second-order valence-electron chi connectivity index (χ2n) is 10.5. The van der Waals surface area contributed by atoms with Gasteiger partial charge in [-0.2, -0.15) is 5.26 Å². The zero-order valence-corrected chi connectivity index (χ0v) is 23.8. The largest absolute Gasteiger partial charge is 0.494 e. The summed E-state index contributed by atoms with van der Waals surface area (Å²) in [6.07, 6.45) is 1.03. The molecule has 3 rings (SSSR count). The Bertz CT molecular complexity index is 1200. The van der Waals surface area contributed by atoms with Gasteiger partial charge in [-0.15, -0.1) is 0 Å². The predicted octanol–water partition coefficient (Wildman–Crippen LogP) is 5.84. The lowest BCUT2D eigenvalue weighted by atomic mass is 9.98. The molecule has 9 nitrogen and oxygen atoms in total. The second kappa shape index (κ2) is 13.9. The van der Waals surface area contributed by atoms with Crippen molar-refractivity contribution in [2.75, 3.05) is 38.2 Å². The average Bonchev–Trinajstić information content (AvgIpc) is 2.92. The van der Waals surface area contributed by atoms with E-state index in [1.54, 1.807) is 43.0 Å². The van der Waals surface area contributed by atoms with Crippen molar-refractivity contribution in [3.05, 3.63) is 53.3 Å². The first-order chi connectivity index (χ1) is 19.0. The summed E-state index contributed by atoms with van der Waals surface area (Å²) < 4.78 is 38.2. The van der Waals surface area contributed by atoms with E-state index in [1.165, 1.54) is 12.1 Å². The van der Waals surface area contributed by atoms with E-state index < -0.39 is 23.4 Å². The van der Waals surface area contributed by atoms with Gasteiger partial charge in [-0.1, -0.05) is 0 Å². The fourth-order valence-electron chi connectivity index (χ4n) is 4.27. The van der Waals surface area contributed by atoms with Gasteiger partial charge in [0, 0.05) is 30.4 Å². The first-order valence-electron chi connectivity index (χ1n) is 13.5. The molecule has 1 heterocycles. The summed E-state index contributed by atoms with van der Waals surface area (Å²) in [4.78, 5) is 27.0. The van der Waals surface area contributed by atoms with E-state index in [9.17, 15) is 9.59 Å². The van der Waals surface area contributed by atoms with Crippen LogP contribution in [0.1, 0.15) is 64.6 Å². The number of nitrogens with one attached hydrogen (secondary N) is 1. The standard InChI is InChI=1S/C30H38FN3O6/c1-6-37-23-16-24(27(28(35)38-7-2)33-22-10-8-20(18-32)9-11-22)26(31)25(17-23)39-19-21-12-14-34(15-13-21)29(36)40-30(3,4)5/h8-11,16-17,21,27,33H,6-7,12-15,19H2,1-5H3. The highest BCUT2D eigenvalue weighted by atomic mass is 19.1. The number of likely N-dealkylation sites (tertiary alicyclic amines) is 1. The number of halogens is 1. The number of nitrogens with zero attached hydrogens (tertiary/aromatic N) is 2. The minimum atomic E-state index is -1.19. The topological polar surface area (TPSA) is 110 Å². The smallest absolute Gasteiger partial charge is 0.410 e. The maximum atomic E-state index is 15.9. The van der Waals surface area contributed by atoms with Crippen molar-refractivity contribution in [1.82, 2.24) is 4.90 Å². The minimum Gasteiger partial charge on any atom is -0.494 e. The van der Waals surface area contributed by atoms with Gasteiger partial charge in [-0.25, -0.2) is 14.0 Å². The molecule has 1 aliphatic rings. The second-order valence-corrected chi connectivity index (χ2v) is 10.5. The lowest BCUT2D eigenvalue weighted by Crippen LogP contribution is -2.42. The van der Waals surface area contributed by atoms with Crippen LogP contribution in [0.4, 0.5) is 14.9 Å². The van der Waals surface area contributed by atoms with Crippen LogP contribution >= 0.6 is 0 Å². The highest BCUT2D eigenvalue weighted by Gasteiger charge is 2.30. The number of carbonyl (C=O) groups is 2. The number of amides is 1. The van der Waals surface area contributed by atoms with Gasteiger partial charge < -0.3 is 29.2 Å². The Morgan fingerprint density at radius 3 is 2.35 bits per heavy atom. The van der Waals surface area contributed by atoms with Crippen LogP contribution in [0.2, 0.25) is 0 Å². The molecule has 40 heavy (non-hydrogen) atoms. The van der Waals surface area contributed by atoms with Crippen molar-refractivity contribution in [1.29, 1.82) is 5.26 Å². The number of nitriles is 1. The Morgan fingerprint density at radius 2 is 1.77 bits per heavy atom. The molecule has 0 spiro atoms. The summed E-state index contributed by atoms with van der Waals surface area (Å²) in [6.45, 7) is 10.7. The van der Waals surface area contributed by atoms with E-state index in [1.807, 2.05) is 26.8 Å². The third kappa shape index (κ3) is 8.50. The molecular weight excluding hydrogens is 517 g/mol. The number of carbonyl (C=O) groups excluding carboxylic acids is 2. The van der Waals surface area contributed by atoms with Crippen molar-refractivity contribution in [2.45, 2.75) is 59.1 Å². The van der Waals surface area contributed by atoms with Crippen LogP contribution in [-0.2, 0) is 14.3 Å². The summed E-state index contributed by atoms with van der Waals surface area (Å²) in [7, 11) is 0. The number of hydrogen-bond acceptors (Lipinski definition) is 8. The van der Waals surface area contributed by atoms with Crippen molar-refractivity contribution in [3.8, 4) is 17.6 Å². The van der Waals surface area contributed by atoms with E-state index in [0.717, 1.165) is 0 Å². The van der Waals surface area contributed by atoms with Crippen LogP contribution in [0, 0.1) is 23.1 Å². The first kappa shape index (κ1) is 30.5. The summed E-state index contributed by atoms with van der Waals surface area (Å²) in [5.41, 5.74) is 0.421. The Balaban J connectivity index is 1.78. The molecule has 2 aromatic rings. The number of rotatable bonds is 10. The number of benzene rings is 2. The van der Waals surface area contributed by atoms with E-state index in [2.05, 4.69) is 5.32 Å². The quantitative estimate of drug-likeness (QED) is 0.364. The maximum absolute atomic E-state index is 15.9. The maximum Gasteiger partial charge on any atom is 0.410 e. The number of esters is 1. The summed E-state index contributed by atoms with van der Waals surface area (Å²) in [6, 6.07) is 10.3. The molecule has 216 valence electrons. The van der Waals surface area contributed by atoms with E-state index in [0.29, 0.717) is 49.5 Å². The van der Waals surface area contributed by atoms with Crippen LogP contribution in [-0.4, -0.2) is 55.5 Å². The summed E-state index contributed by atoms with van der Waals surface area (Å²) in [5, 5.41) is 12.1. The Hall–Kier alpha value is -4.00. The predicted molar refractivity (Wildman–Crippen MR) is 148 cm³/mol. The monoisotopic (exact) mass is 555 g/mol. The highest BCUT2D eigenvalue weighted by Crippen LogP contribution is 2.34. The summed E-state index contributed by atoms with van der Waals surface area (Å²) in [5.74, 6) is -0.945. The lowest BCUT2D eigenvalue weighted by molar-refractivity contribution is -0.144. The highest BCUT2D eigenvalue weighted by molar-refractivity contribution is 5.81.